The number of ether oxygens (including phenoxy) is 2. The lowest BCUT2D eigenvalue weighted by molar-refractivity contribution is -0.159. The summed E-state index contributed by atoms with van der Waals surface area (Å²) in [5, 5.41) is 0. The van der Waals surface area contributed by atoms with Gasteiger partial charge in [-0.3, -0.25) is 9.59 Å². The lowest BCUT2D eigenvalue weighted by atomic mass is 10.00. The maximum atomic E-state index is 10.8. The smallest absolute Gasteiger partial charge is 0.303 e. The molecule has 5 nitrogen and oxygen atoms in total. The molecule has 0 fully saturated rings. The molecule has 5 heteroatoms. The summed E-state index contributed by atoms with van der Waals surface area (Å²) >= 11 is 0. The van der Waals surface area contributed by atoms with Gasteiger partial charge in [-0.25, -0.2) is 0 Å². The maximum Gasteiger partial charge on any atom is 0.303 e. The van der Waals surface area contributed by atoms with Crippen LogP contribution in [0.1, 0.15) is 33.6 Å². The zero-order chi connectivity index (χ0) is 12.6. The van der Waals surface area contributed by atoms with Gasteiger partial charge in [-0.05, 0) is 12.3 Å². The minimum absolute atomic E-state index is 0.0200. The van der Waals surface area contributed by atoms with Crippen molar-refractivity contribution in [3.8, 4) is 0 Å². The standard InChI is InChI=1S/C11H18O5/c1-8(5-4-6-12)11(16-10(3)14)7-15-9(2)13/h6,8,11H,4-5,7H2,1-3H3/t8-,11+/m0/s1. The van der Waals surface area contributed by atoms with Crippen molar-refractivity contribution in [1.82, 2.24) is 0 Å². The molecule has 0 aliphatic rings. The number of carbonyl (C=O) groups is 3. The summed E-state index contributed by atoms with van der Waals surface area (Å²) in [7, 11) is 0. The summed E-state index contributed by atoms with van der Waals surface area (Å²) in [6, 6.07) is 0. The SMILES string of the molecule is CC(=O)OC[C@@H](OC(C)=O)[C@@H](C)CCC=O. The summed E-state index contributed by atoms with van der Waals surface area (Å²) in [5.74, 6) is -0.858. The second kappa shape index (κ2) is 7.84. The predicted octanol–water partition coefficient (Wildman–Crippen LogP) is 1.10. The van der Waals surface area contributed by atoms with Crippen LogP contribution < -0.4 is 0 Å². The van der Waals surface area contributed by atoms with Gasteiger partial charge < -0.3 is 14.3 Å². The summed E-state index contributed by atoms with van der Waals surface area (Å²) < 4.78 is 9.83. The molecule has 0 saturated carbocycles. The number of esters is 2. The Morgan fingerprint density at radius 1 is 1.25 bits per heavy atom. The van der Waals surface area contributed by atoms with Crippen molar-refractivity contribution in [3.05, 3.63) is 0 Å². The molecule has 0 aromatic carbocycles. The molecule has 0 bridgehead atoms. The highest BCUT2D eigenvalue weighted by Crippen LogP contribution is 2.14. The van der Waals surface area contributed by atoms with Gasteiger partial charge in [0.25, 0.3) is 0 Å². The molecular weight excluding hydrogens is 212 g/mol. The monoisotopic (exact) mass is 230 g/mol. The first kappa shape index (κ1) is 14.6. The highest BCUT2D eigenvalue weighted by atomic mass is 16.6. The van der Waals surface area contributed by atoms with Crippen molar-refractivity contribution < 1.29 is 23.9 Å². The van der Waals surface area contributed by atoms with Gasteiger partial charge in [0.2, 0.25) is 0 Å². The minimum Gasteiger partial charge on any atom is -0.462 e. The molecule has 0 amide bonds. The van der Waals surface area contributed by atoms with Crippen molar-refractivity contribution in [2.24, 2.45) is 5.92 Å². The van der Waals surface area contributed by atoms with Crippen LogP contribution in [0.15, 0.2) is 0 Å². The highest BCUT2D eigenvalue weighted by Gasteiger charge is 2.21. The second-order valence-corrected chi connectivity index (χ2v) is 3.67. The molecule has 0 spiro atoms. The van der Waals surface area contributed by atoms with Gasteiger partial charge in [-0.2, -0.15) is 0 Å². The van der Waals surface area contributed by atoms with Crippen molar-refractivity contribution in [3.63, 3.8) is 0 Å². The first-order chi connectivity index (χ1) is 7.47. The van der Waals surface area contributed by atoms with Gasteiger partial charge in [-0.1, -0.05) is 6.92 Å². The van der Waals surface area contributed by atoms with E-state index in [1.165, 1.54) is 13.8 Å². The number of rotatable bonds is 7. The van der Waals surface area contributed by atoms with Crippen molar-refractivity contribution in [1.29, 1.82) is 0 Å². The Morgan fingerprint density at radius 2 is 1.88 bits per heavy atom. The Kier molecular flexibility index (Phi) is 7.16. The number of carbonyl (C=O) groups excluding carboxylic acids is 3. The molecule has 0 aliphatic carbocycles. The van der Waals surface area contributed by atoms with Gasteiger partial charge in [0.05, 0.1) is 0 Å². The molecule has 16 heavy (non-hydrogen) atoms. The molecule has 0 rings (SSSR count). The molecule has 0 aromatic rings. The first-order valence-corrected chi connectivity index (χ1v) is 5.21. The van der Waals surface area contributed by atoms with E-state index >= 15 is 0 Å². The normalized spacial score (nSPS) is 13.7. The highest BCUT2D eigenvalue weighted by molar-refractivity contribution is 5.67. The van der Waals surface area contributed by atoms with E-state index in [1.807, 2.05) is 6.92 Å². The van der Waals surface area contributed by atoms with Gasteiger partial charge in [0.1, 0.15) is 19.0 Å². The average Bonchev–Trinajstić information content (AvgIpc) is 2.19. The van der Waals surface area contributed by atoms with E-state index in [2.05, 4.69) is 0 Å². The van der Waals surface area contributed by atoms with E-state index in [-0.39, 0.29) is 12.5 Å². The fourth-order valence-electron chi connectivity index (χ4n) is 1.24. The van der Waals surface area contributed by atoms with Crippen LogP contribution in [0.25, 0.3) is 0 Å². The van der Waals surface area contributed by atoms with Gasteiger partial charge in [-0.15, -0.1) is 0 Å². The fraction of sp³-hybridized carbons (Fsp3) is 0.727. The van der Waals surface area contributed by atoms with E-state index in [4.69, 9.17) is 9.47 Å². The molecule has 0 unspecified atom stereocenters. The lowest BCUT2D eigenvalue weighted by Crippen LogP contribution is -2.30. The first-order valence-electron chi connectivity index (χ1n) is 5.21. The summed E-state index contributed by atoms with van der Waals surface area (Å²) in [5.41, 5.74) is 0. The third-order valence-electron chi connectivity index (χ3n) is 2.14. The van der Waals surface area contributed by atoms with Crippen LogP contribution >= 0.6 is 0 Å². The third-order valence-corrected chi connectivity index (χ3v) is 2.14. The Hall–Kier alpha value is -1.39. The zero-order valence-corrected chi connectivity index (χ0v) is 9.89. The van der Waals surface area contributed by atoms with Crippen LogP contribution in [0.4, 0.5) is 0 Å². The van der Waals surface area contributed by atoms with Gasteiger partial charge in [0.15, 0.2) is 0 Å². The second-order valence-electron chi connectivity index (χ2n) is 3.67. The summed E-state index contributed by atoms with van der Waals surface area (Å²) in [6.07, 6.45) is 1.33. The van der Waals surface area contributed by atoms with Gasteiger partial charge >= 0.3 is 11.9 Å². The van der Waals surface area contributed by atoms with Crippen LogP contribution in [0.5, 0.6) is 0 Å². The predicted molar refractivity (Wildman–Crippen MR) is 56.6 cm³/mol. The van der Waals surface area contributed by atoms with Gasteiger partial charge in [0, 0.05) is 20.3 Å². The van der Waals surface area contributed by atoms with E-state index in [1.54, 1.807) is 0 Å². The maximum absolute atomic E-state index is 10.8. The molecule has 0 heterocycles. The summed E-state index contributed by atoms with van der Waals surface area (Å²) in [6.45, 7) is 4.48. The summed E-state index contributed by atoms with van der Waals surface area (Å²) in [4.78, 5) is 31.7. The average molecular weight is 230 g/mol. The molecule has 0 saturated heterocycles. The molecular formula is C11H18O5. The number of aldehydes is 1. The molecule has 92 valence electrons. The Labute approximate surface area is 95.1 Å². The van der Waals surface area contributed by atoms with E-state index in [0.29, 0.717) is 12.8 Å². The fourth-order valence-corrected chi connectivity index (χ4v) is 1.24. The quantitative estimate of drug-likeness (QED) is 0.483. The van der Waals surface area contributed by atoms with Crippen LogP contribution in [0, 0.1) is 5.92 Å². The van der Waals surface area contributed by atoms with Crippen molar-refractivity contribution in [2.45, 2.75) is 39.7 Å². The number of hydrogen-bond donors (Lipinski definition) is 0. The van der Waals surface area contributed by atoms with Crippen LogP contribution in [0.2, 0.25) is 0 Å². The minimum atomic E-state index is -0.485. The molecule has 0 radical (unpaired) electrons. The van der Waals surface area contributed by atoms with E-state index < -0.39 is 18.0 Å². The zero-order valence-electron chi connectivity index (χ0n) is 9.89. The Balaban J connectivity index is 4.21. The van der Waals surface area contributed by atoms with Crippen LogP contribution in [-0.2, 0) is 23.9 Å². The molecule has 0 N–H and O–H groups in total. The number of hydrogen-bond acceptors (Lipinski definition) is 5. The Bertz CT molecular complexity index is 249. The van der Waals surface area contributed by atoms with E-state index in [9.17, 15) is 14.4 Å². The Morgan fingerprint density at radius 3 is 2.31 bits per heavy atom. The third kappa shape index (κ3) is 6.98. The van der Waals surface area contributed by atoms with Crippen molar-refractivity contribution in [2.75, 3.05) is 6.61 Å². The van der Waals surface area contributed by atoms with Crippen LogP contribution in [0.3, 0.4) is 0 Å². The lowest BCUT2D eigenvalue weighted by Gasteiger charge is -2.22. The van der Waals surface area contributed by atoms with Crippen molar-refractivity contribution >= 4 is 18.2 Å². The largest absolute Gasteiger partial charge is 0.462 e. The molecule has 0 aromatic heterocycles. The molecule has 2 atom stereocenters. The topological polar surface area (TPSA) is 69.7 Å². The van der Waals surface area contributed by atoms with Crippen LogP contribution in [-0.4, -0.2) is 30.9 Å². The van der Waals surface area contributed by atoms with E-state index in [0.717, 1.165) is 6.29 Å². The molecule has 0 aliphatic heterocycles.